The zero-order valence-corrected chi connectivity index (χ0v) is 14.1. The molecule has 4 aromatic carbocycles. The van der Waals surface area contributed by atoms with Crippen LogP contribution in [0.1, 0.15) is 0 Å². The Balaban J connectivity index is 0.000000170. The first-order valence-electron chi connectivity index (χ1n) is 8.22. The number of benzene rings is 4. The van der Waals surface area contributed by atoms with Gasteiger partial charge in [0.15, 0.2) is 0 Å². The molecule has 0 aliphatic carbocycles. The molecule has 0 unspecified atom stereocenters. The minimum atomic E-state index is -1.29. The van der Waals surface area contributed by atoms with Gasteiger partial charge >= 0.3 is 6.16 Å². The third-order valence-corrected chi connectivity index (χ3v) is 3.80. The molecule has 0 aliphatic rings. The van der Waals surface area contributed by atoms with Crippen LogP contribution in [0, 0.1) is 0 Å². The smallest absolute Gasteiger partial charge is 0.449 e. The molecule has 0 aromatic heterocycles. The van der Waals surface area contributed by atoms with E-state index in [0.717, 1.165) is 0 Å². The number of carbonyl (C=O) groups is 1. The molecule has 0 saturated heterocycles. The summed E-state index contributed by atoms with van der Waals surface area (Å²) in [6.07, 6.45) is -1.29. The van der Waals surface area contributed by atoms with Gasteiger partial charge in [-0.3, -0.25) is 0 Å². The molecule has 0 bridgehead atoms. The molecule has 0 aliphatic heterocycles. The van der Waals surface area contributed by atoms with Gasteiger partial charge in [-0.2, -0.15) is 0 Å². The largest absolute Gasteiger partial charge is 0.511 e. The zero-order chi connectivity index (χ0) is 18.2. The van der Waals surface area contributed by atoms with Gasteiger partial charge < -0.3 is 9.84 Å². The van der Waals surface area contributed by atoms with Crippen molar-refractivity contribution in [2.75, 3.05) is 0 Å². The minimum Gasteiger partial charge on any atom is -0.449 e. The molecule has 3 nitrogen and oxygen atoms in total. The predicted octanol–water partition coefficient (Wildman–Crippen LogP) is 6.25. The van der Waals surface area contributed by atoms with Gasteiger partial charge in [-0.1, -0.05) is 84.9 Å². The normalized spacial score (nSPS) is 9.85. The minimum absolute atomic E-state index is 0.343. The van der Waals surface area contributed by atoms with Crippen molar-refractivity contribution in [3.05, 3.63) is 103 Å². The Morgan fingerprint density at radius 2 is 1.19 bits per heavy atom. The van der Waals surface area contributed by atoms with E-state index in [0.29, 0.717) is 5.75 Å². The van der Waals surface area contributed by atoms with E-state index < -0.39 is 6.16 Å². The van der Waals surface area contributed by atoms with Crippen LogP contribution in [0.15, 0.2) is 103 Å². The Kier molecular flexibility index (Phi) is 5.63. The summed E-state index contributed by atoms with van der Waals surface area (Å²) in [6, 6.07) is 33.9. The van der Waals surface area contributed by atoms with Crippen LogP contribution in [-0.4, -0.2) is 11.3 Å². The third kappa shape index (κ3) is 4.71. The van der Waals surface area contributed by atoms with E-state index in [4.69, 9.17) is 5.11 Å². The van der Waals surface area contributed by atoms with E-state index >= 15 is 0 Å². The van der Waals surface area contributed by atoms with Gasteiger partial charge in [0.25, 0.3) is 0 Å². The fourth-order valence-electron chi connectivity index (χ4n) is 2.59. The topological polar surface area (TPSA) is 46.5 Å². The van der Waals surface area contributed by atoms with Gasteiger partial charge in [0, 0.05) is 0 Å². The first-order chi connectivity index (χ1) is 12.7. The van der Waals surface area contributed by atoms with Crippen molar-refractivity contribution in [1.29, 1.82) is 0 Å². The van der Waals surface area contributed by atoms with Crippen LogP contribution in [0.25, 0.3) is 21.9 Å². The summed E-state index contributed by atoms with van der Waals surface area (Å²) in [5.74, 6) is 0.343. The Bertz CT molecular complexity index is 980. The van der Waals surface area contributed by atoms with Crippen LogP contribution in [0.2, 0.25) is 0 Å². The van der Waals surface area contributed by atoms with Crippen LogP contribution in [-0.2, 0) is 0 Å². The van der Waals surface area contributed by atoms with Crippen LogP contribution in [0.4, 0.5) is 4.79 Å². The second-order valence-electron chi connectivity index (χ2n) is 5.61. The maximum absolute atomic E-state index is 9.95. The Labute approximate surface area is 152 Å². The lowest BCUT2D eigenvalue weighted by Crippen LogP contribution is -2.02. The molecular weight excluding hydrogens is 324 g/mol. The second-order valence-corrected chi connectivity index (χ2v) is 5.61. The number of hydrogen-bond acceptors (Lipinski definition) is 2. The van der Waals surface area contributed by atoms with Crippen molar-refractivity contribution in [3.63, 3.8) is 0 Å². The molecule has 4 rings (SSSR count). The van der Waals surface area contributed by atoms with Crippen molar-refractivity contribution in [3.8, 4) is 16.9 Å². The summed E-state index contributed by atoms with van der Waals surface area (Å²) in [7, 11) is 0. The molecule has 0 amide bonds. The highest BCUT2D eigenvalue weighted by Gasteiger charge is 1.98. The highest BCUT2D eigenvalue weighted by atomic mass is 16.7. The fourth-order valence-corrected chi connectivity index (χ4v) is 2.59. The van der Waals surface area contributed by atoms with Gasteiger partial charge in [0.05, 0.1) is 0 Å². The first kappa shape index (κ1) is 17.2. The number of carboxylic acid groups (broad SMARTS) is 1. The number of ether oxygens (including phenoxy) is 1. The van der Waals surface area contributed by atoms with E-state index in [1.807, 2.05) is 6.07 Å². The second kappa shape index (κ2) is 8.49. The quantitative estimate of drug-likeness (QED) is 0.346. The van der Waals surface area contributed by atoms with E-state index in [1.54, 1.807) is 30.3 Å². The summed E-state index contributed by atoms with van der Waals surface area (Å²) in [5, 5.41) is 10.7. The molecule has 0 spiro atoms. The standard InChI is InChI=1S/C16H12.C7H6O3/c1-2-6-13(7-3-1)16-11-10-14-8-4-5-9-15(14)12-16;8-7(9)10-6-4-2-1-3-5-6/h1-12H;1-5H,(H,8,9). The van der Waals surface area contributed by atoms with Crippen LogP contribution >= 0.6 is 0 Å². The molecule has 4 aromatic rings. The van der Waals surface area contributed by atoms with Crippen molar-refractivity contribution < 1.29 is 14.6 Å². The van der Waals surface area contributed by atoms with Crippen LogP contribution < -0.4 is 4.74 Å². The van der Waals surface area contributed by atoms with Crippen molar-refractivity contribution in [2.45, 2.75) is 0 Å². The van der Waals surface area contributed by atoms with E-state index in [9.17, 15) is 4.79 Å². The van der Waals surface area contributed by atoms with Gasteiger partial charge in [-0.05, 0) is 40.1 Å². The molecule has 3 heteroatoms. The lowest BCUT2D eigenvalue weighted by molar-refractivity contribution is 0.144. The van der Waals surface area contributed by atoms with Gasteiger partial charge in [-0.25, -0.2) is 4.79 Å². The molecule has 0 saturated carbocycles. The summed E-state index contributed by atoms with van der Waals surface area (Å²) in [5.41, 5.74) is 2.55. The van der Waals surface area contributed by atoms with Crippen LogP contribution in [0.5, 0.6) is 5.75 Å². The monoisotopic (exact) mass is 342 g/mol. The van der Waals surface area contributed by atoms with Crippen molar-refractivity contribution in [1.82, 2.24) is 0 Å². The maximum atomic E-state index is 9.95. The number of hydrogen-bond donors (Lipinski definition) is 1. The zero-order valence-electron chi connectivity index (χ0n) is 14.1. The average molecular weight is 342 g/mol. The summed E-state index contributed by atoms with van der Waals surface area (Å²) in [6.45, 7) is 0. The molecule has 1 N–H and O–H groups in total. The lowest BCUT2D eigenvalue weighted by atomic mass is 10.0. The van der Waals surface area contributed by atoms with Gasteiger partial charge in [0.1, 0.15) is 5.75 Å². The number of rotatable bonds is 2. The maximum Gasteiger partial charge on any atom is 0.511 e. The SMILES string of the molecule is O=C(O)Oc1ccccc1.c1ccc(-c2ccc3ccccc3c2)cc1. The summed E-state index contributed by atoms with van der Waals surface area (Å²) >= 11 is 0. The Morgan fingerprint density at radius 3 is 1.85 bits per heavy atom. The molecule has 0 atom stereocenters. The Hall–Kier alpha value is -3.59. The molecule has 26 heavy (non-hydrogen) atoms. The molecule has 0 radical (unpaired) electrons. The van der Waals surface area contributed by atoms with Crippen molar-refractivity contribution >= 4 is 16.9 Å². The van der Waals surface area contributed by atoms with Crippen LogP contribution in [0.3, 0.4) is 0 Å². The lowest BCUT2D eigenvalue weighted by Gasteiger charge is -2.03. The number of para-hydroxylation sites is 1. The molecule has 0 heterocycles. The molecule has 0 fully saturated rings. The highest BCUT2D eigenvalue weighted by molar-refractivity contribution is 5.87. The van der Waals surface area contributed by atoms with Gasteiger partial charge in [-0.15, -0.1) is 0 Å². The summed E-state index contributed by atoms with van der Waals surface area (Å²) in [4.78, 5) is 9.95. The van der Waals surface area contributed by atoms with E-state index in [1.165, 1.54) is 21.9 Å². The number of fused-ring (bicyclic) bond motifs is 1. The molecular formula is C23H18O3. The van der Waals surface area contributed by atoms with E-state index in [2.05, 4.69) is 71.5 Å². The fraction of sp³-hybridized carbons (Fsp3) is 0. The van der Waals surface area contributed by atoms with E-state index in [-0.39, 0.29) is 0 Å². The third-order valence-electron chi connectivity index (χ3n) is 3.80. The molecule has 128 valence electrons. The first-order valence-corrected chi connectivity index (χ1v) is 8.22. The summed E-state index contributed by atoms with van der Waals surface area (Å²) < 4.78 is 4.33. The average Bonchev–Trinajstić information content (AvgIpc) is 2.69. The van der Waals surface area contributed by atoms with Gasteiger partial charge in [0.2, 0.25) is 0 Å². The predicted molar refractivity (Wildman–Crippen MR) is 104 cm³/mol. The van der Waals surface area contributed by atoms with Crippen molar-refractivity contribution in [2.24, 2.45) is 0 Å². The highest BCUT2D eigenvalue weighted by Crippen LogP contribution is 2.23. The Morgan fingerprint density at radius 1 is 0.615 bits per heavy atom.